The van der Waals surface area contributed by atoms with Crippen LogP contribution in [0.4, 0.5) is 13.2 Å². The average molecular weight is 468 g/mol. The van der Waals surface area contributed by atoms with E-state index < -0.39 is 17.8 Å². The largest absolute Gasteiger partial charge is 0.417 e. The third-order valence-corrected chi connectivity index (χ3v) is 6.40. The first kappa shape index (κ1) is 22.4. The maximum absolute atomic E-state index is 13.5. The first-order valence-electron chi connectivity index (χ1n) is 10.2. The van der Waals surface area contributed by atoms with E-state index in [1.165, 1.54) is 6.07 Å². The van der Waals surface area contributed by atoms with Crippen molar-refractivity contribution in [2.75, 3.05) is 6.54 Å². The zero-order valence-corrected chi connectivity index (χ0v) is 18.2. The molecule has 0 amide bonds. The molecule has 1 aliphatic heterocycles. The van der Waals surface area contributed by atoms with Gasteiger partial charge in [0.15, 0.2) is 0 Å². The smallest absolute Gasteiger partial charge is 0.388 e. The summed E-state index contributed by atoms with van der Waals surface area (Å²) in [5.74, 6) is 0. The lowest BCUT2D eigenvalue weighted by atomic mass is 9.89. The molecule has 1 fully saturated rings. The molecule has 164 valence electrons. The van der Waals surface area contributed by atoms with Crippen molar-refractivity contribution >= 4 is 34.0 Å². The van der Waals surface area contributed by atoms with Crippen molar-refractivity contribution in [3.05, 3.63) is 69.7 Å². The number of nitrogens with one attached hydrogen (secondary N) is 1. The van der Waals surface area contributed by atoms with Gasteiger partial charge in [0.25, 0.3) is 0 Å². The van der Waals surface area contributed by atoms with Crippen LogP contribution in [0.1, 0.15) is 42.9 Å². The lowest BCUT2D eigenvalue weighted by molar-refractivity contribution is -0.137. The molecule has 0 spiro atoms. The summed E-state index contributed by atoms with van der Waals surface area (Å²) in [5, 5.41) is 15.6. The van der Waals surface area contributed by atoms with Crippen molar-refractivity contribution in [2.45, 2.75) is 44.0 Å². The highest BCUT2D eigenvalue weighted by Gasteiger charge is 2.34. The van der Waals surface area contributed by atoms with Crippen LogP contribution >= 0.6 is 23.2 Å². The SMILES string of the molecule is OC(CC1CCCCN1)c1cc(-c2ccc(Cl)cc2)cc2cc(Cl)c(C(F)(F)F)cc12. The van der Waals surface area contributed by atoms with Crippen molar-refractivity contribution < 1.29 is 18.3 Å². The Balaban J connectivity index is 1.85. The summed E-state index contributed by atoms with van der Waals surface area (Å²) in [6.07, 6.45) is -1.95. The van der Waals surface area contributed by atoms with Crippen molar-refractivity contribution in [1.29, 1.82) is 0 Å². The predicted molar refractivity (Wildman–Crippen MR) is 120 cm³/mol. The van der Waals surface area contributed by atoms with E-state index in [0.29, 0.717) is 27.8 Å². The number of hydrogen-bond donors (Lipinski definition) is 2. The molecule has 0 saturated carbocycles. The number of aliphatic hydroxyl groups excluding tert-OH is 1. The molecule has 2 N–H and O–H groups in total. The van der Waals surface area contributed by atoms with E-state index in [9.17, 15) is 18.3 Å². The highest BCUT2D eigenvalue weighted by molar-refractivity contribution is 6.32. The topological polar surface area (TPSA) is 32.3 Å². The maximum Gasteiger partial charge on any atom is 0.417 e. The number of alkyl halides is 3. The standard InChI is InChI=1S/C24H22Cl2F3NO/c25-17-6-4-14(5-7-17)15-9-16-11-22(26)21(24(27,28)29)13-19(16)20(10-15)23(31)12-18-3-1-2-8-30-18/h4-7,9-11,13,18,23,30-31H,1-3,8,12H2. The summed E-state index contributed by atoms with van der Waals surface area (Å²) >= 11 is 12.0. The van der Waals surface area contributed by atoms with Gasteiger partial charge in [0, 0.05) is 11.1 Å². The van der Waals surface area contributed by atoms with Gasteiger partial charge in [-0.15, -0.1) is 0 Å². The molecular formula is C24H22Cl2F3NO. The van der Waals surface area contributed by atoms with Gasteiger partial charge in [-0.1, -0.05) is 41.8 Å². The van der Waals surface area contributed by atoms with Crippen LogP contribution in [0.2, 0.25) is 10.0 Å². The van der Waals surface area contributed by atoms with Gasteiger partial charge in [-0.05, 0) is 89.7 Å². The van der Waals surface area contributed by atoms with Crippen LogP contribution in [-0.2, 0) is 6.18 Å². The number of fused-ring (bicyclic) bond motifs is 1. The summed E-state index contributed by atoms with van der Waals surface area (Å²) in [6.45, 7) is 0.886. The molecule has 3 aromatic carbocycles. The quantitative estimate of drug-likeness (QED) is 0.418. The number of benzene rings is 3. The molecule has 31 heavy (non-hydrogen) atoms. The van der Waals surface area contributed by atoms with E-state index in [0.717, 1.165) is 43.0 Å². The monoisotopic (exact) mass is 467 g/mol. The van der Waals surface area contributed by atoms with Crippen molar-refractivity contribution in [3.8, 4) is 11.1 Å². The highest BCUT2D eigenvalue weighted by Crippen LogP contribution is 2.41. The summed E-state index contributed by atoms with van der Waals surface area (Å²) in [7, 11) is 0. The molecule has 0 bridgehead atoms. The summed E-state index contributed by atoms with van der Waals surface area (Å²) in [4.78, 5) is 0. The Hall–Kier alpha value is -1.79. The van der Waals surface area contributed by atoms with E-state index in [-0.39, 0.29) is 11.1 Å². The van der Waals surface area contributed by atoms with Crippen LogP contribution in [0.3, 0.4) is 0 Å². The zero-order valence-electron chi connectivity index (χ0n) is 16.6. The van der Waals surface area contributed by atoms with Gasteiger partial charge in [0.1, 0.15) is 0 Å². The van der Waals surface area contributed by atoms with Gasteiger partial charge in [-0.3, -0.25) is 0 Å². The van der Waals surface area contributed by atoms with Gasteiger partial charge >= 0.3 is 6.18 Å². The van der Waals surface area contributed by atoms with Crippen molar-refractivity contribution in [3.63, 3.8) is 0 Å². The fourth-order valence-corrected chi connectivity index (χ4v) is 4.64. The maximum atomic E-state index is 13.5. The molecule has 2 atom stereocenters. The number of piperidine rings is 1. The second kappa shape index (κ2) is 8.99. The molecule has 3 aromatic rings. The van der Waals surface area contributed by atoms with Gasteiger partial charge in [0.2, 0.25) is 0 Å². The lowest BCUT2D eigenvalue weighted by Gasteiger charge is -2.26. The first-order chi connectivity index (χ1) is 14.7. The van der Waals surface area contributed by atoms with Crippen LogP contribution in [0, 0.1) is 0 Å². The van der Waals surface area contributed by atoms with Crippen molar-refractivity contribution in [2.24, 2.45) is 0 Å². The van der Waals surface area contributed by atoms with E-state index in [1.54, 1.807) is 24.3 Å². The van der Waals surface area contributed by atoms with Crippen LogP contribution in [-0.4, -0.2) is 17.7 Å². The molecule has 1 heterocycles. The van der Waals surface area contributed by atoms with Gasteiger partial charge in [-0.25, -0.2) is 0 Å². The molecule has 1 aliphatic rings. The van der Waals surface area contributed by atoms with Gasteiger partial charge < -0.3 is 10.4 Å². The Bertz CT molecular complexity index is 1080. The van der Waals surface area contributed by atoms with E-state index >= 15 is 0 Å². The molecule has 7 heteroatoms. The third-order valence-electron chi connectivity index (χ3n) is 5.83. The van der Waals surface area contributed by atoms with Crippen molar-refractivity contribution in [1.82, 2.24) is 5.32 Å². The second-order valence-corrected chi connectivity index (χ2v) is 8.87. The van der Waals surface area contributed by atoms with Gasteiger partial charge in [-0.2, -0.15) is 13.2 Å². The predicted octanol–water partition coefficient (Wildman–Crippen LogP) is 7.40. The van der Waals surface area contributed by atoms with Crippen LogP contribution in [0.25, 0.3) is 21.9 Å². The van der Waals surface area contributed by atoms with Crippen LogP contribution in [0.5, 0.6) is 0 Å². The zero-order chi connectivity index (χ0) is 22.2. The van der Waals surface area contributed by atoms with Crippen LogP contribution in [0.15, 0.2) is 48.5 Å². The minimum absolute atomic E-state index is 0.132. The number of aliphatic hydroxyl groups is 1. The Kier molecular flexibility index (Phi) is 6.50. The Morgan fingerprint density at radius 2 is 1.74 bits per heavy atom. The molecule has 2 unspecified atom stereocenters. The number of rotatable bonds is 4. The van der Waals surface area contributed by atoms with Crippen LogP contribution < -0.4 is 5.32 Å². The highest BCUT2D eigenvalue weighted by atomic mass is 35.5. The molecule has 2 nitrogen and oxygen atoms in total. The Labute approximate surface area is 189 Å². The molecule has 4 rings (SSSR count). The van der Waals surface area contributed by atoms with E-state index in [2.05, 4.69) is 5.32 Å². The van der Waals surface area contributed by atoms with E-state index in [4.69, 9.17) is 23.2 Å². The third kappa shape index (κ3) is 5.01. The Morgan fingerprint density at radius 1 is 1.00 bits per heavy atom. The molecule has 1 saturated heterocycles. The van der Waals surface area contributed by atoms with E-state index in [1.807, 2.05) is 12.1 Å². The average Bonchev–Trinajstić information content (AvgIpc) is 2.72. The summed E-state index contributed by atoms with van der Waals surface area (Å²) < 4.78 is 40.5. The summed E-state index contributed by atoms with van der Waals surface area (Å²) in [5.41, 5.74) is 1.21. The number of hydrogen-bond acceptors (Lipinski definition) is 2. The first-order valence-corrected chi connectivity index (χ1v) is 11.0. The molecule has 0 aromatic heterocycles. The minimum Gasteiger partial charge on any atom is -0.388 e. The molecular weight excluding hydrogens is 446 g/mol. The molecule has 0 radical (unpaired) electrons. The summed E-state index contributed by atoms with van der Waals surface area (Å²) in [6, 6.07) is 13.3. The second-order valence-electron chi connectivity index (χ2n) is 8.02. The molecule has 0 aliphatic carbocycles. The normalized spacial score (nSPS) is 18.3. The fourth-order valence-electron chi connectivity index (χ4n) is 4.24. The number of halogens is 5. The lowest BCUT2D eigenvalue weighted by Crippen LogP contribution is -2.35. The van der Waals surface area contributed by atoms with Gasteiger partial charge in [0.05, 0.1) is 16.7 Å². The fraction of sp³-hybridized carbons (Fsp3) is 0.333. The minimum atomic E-state index is -4.58. The Morgan fingerprint density at radius 3 is 2.39 bits per heavy atom.